The van der Waals surface area contributed by atoms with Crippen molar-refractivity contribution in [3.05, 3.63) is 99.5 Å². The summed E-state index contributed by atoms with van der Waals surface area (Å²) in [6.07, 6.45) is 1.59. The minimum absolute atomic E-state index is 0.147. The number of rotatable bonds is 13. The van der Waals surface area contributed by atoms with E-state index in [1.165, 1.54) is 16.9 Å². The fourth-order valence-electron chi connectivity index (χ4n) is 4.57. The number of carbonyl (C=O) groups is 1. The summed E-state index contributed by atoms with van der Waals surface area (Å²) in [5.74, 6) is 2.81. The van der Waals surface area contributed by atoms with E-state index in [0.717, 1.165) is 47.0 Å². The highest BCUT2D eigenvalue weighted by atomic mass is 32.1. The fraction of sp³-hybridized carbons (Fsp3) is 0.290. The van der Waals surface area contributed by atoms with Crippen molar-refractivity contribution in [2.45, 2.75) is 25.9 Å². The zero-order valence-corrected chi connectivity index (χ0v) is 23.5. The second-order valence-corrected chi connectivity index (χ2v) is 10.4. The first-order chi connectivity index (χ1) is 19.6. The molecule has 0 saturated carbocycles. The minimum atomic E-state index is -0.147. The molecule has 0 atom stereocenters. The van der Waals surface area contributed by atoms with Gasteiger partial charge in [-0.25, -0.2) is 4.98 Å². The molecule has 9 heteroatoms. The Kier molecular flexibility index (Phi) is 9.15. The van der Waals surface area contributed by atoms with Gasteiger partial charge in [-0.05, 0) is 53.8 Å². The summed E-state index contributed by atoms with van der Waals surface area (Å²) in [6.45, 7) is 2.91. The molecule has 2 heterocycles. The van der Waals surface area contributed by atoms with Crippen molar-refractivity contribution >= 4 is 17.2 Å². The van der Waals surface area contributed by atoms with Gasteiger partial charge in [0, 0.05) is 25.0 Å². The number of hydrogen-bond donors (Lipinski definition) is 1. The first-order valence-corrected chi connectivity index (χ1v) is 14.1. The molecular formula is C31H33N3O5S. The Morgan fingerprint density at radius 1 is 0.900 bits per heavy atom. The van der Waals surface area contributed by atoms with Gasteiger partial charge in [-0.1, -0.05) is 42.5 Å². The molecule has 1 aliphatic heterocycles. The minimum Gasteiger partial charge on any atom is -0.493 e. The third kappa shape index (κ3) is 7.11. The van der Waals surface area contributed by atoms with Crippen molar-refractivity contribution in [2.24, 2.45) is 0 Å². The number of nitrogens with one attached hydrogen (secondary N) is 1. The van der Waals surface area contributed by atoms with Gasteiger partial charge in [-0.3, -0.25) is 9.69 Å². The number of amides is 1. The largest absolute Gasteiger partial charge is 0.493 e. The van der Waals surface area contributed by atoms with Crippen LogP contribution >= 0.6 is 11.3 Å². The SMILES string of the molecule is COc1ccc(CCN(Cc2ccc3c(c2)OCO3)Cc2nc(C(=O)NCCc3ccccc3)cs2)cc1OC. The van der Waals surface area contributed by atoms with Gasteiger partial charge >= 0.3 is 0 Å². The molecule has 5 rings (SSSR count). The van der Waals surface area contributed by atoms with Crippen molar-refractivity contribution in [2.75, 3.05) is 34.1 Å². The summed E-state index contributed by atoms with van der Waals surface area (Å²) in [5, 5.41) is 5.71. The summed E-state index contributed by atoms with van der Waals surface area (Å²) in [5.41, 5.74) is 3.91. The third-order valence-electron chi connectivity index (χ3n) is 6.69. The zero-order chi connectivity index (χ0) is 27.7. The van der Waals surface area contributed by atoms with E-state index in [4.69, 9.17) is 18.9 Å². The highest BCUT2D eigenvalue weighted by Crippen LogP contribution is 2.33. The van der Waals surface area contributed by atoms with Crippen LogP contribution in [0.25, 0.3) is 0 Å². The van der Waals surface area contributed by atoms with Gasteiger partial charge in [0.1, 0.15) is 10.7 Å². The van der Waals surface area contributed by atoms with Crippen LogP contribution in [0.4, 0.5) is 0 Å². The highest BCUT2D eigenvalue weighted by molar-refractivity contribution is 7.09. The molecule has 3 aromatic carbocycles. The lowest BCUT2D eigenvalue weighted by molar-refractivity contribution is 0.0949. The van der Waals surface area contributed by atoms with Gasteiger partial charge < -0.3 is 24.3 Å². The molecule has 1 aliphatic rings. The zero-order valence-electron chi connectivity index (χ0n) is 22.7. The molecule has 0 spiro atoms. The molecule has 1 N–H and O–H groups in total. The van der Waals surface area contributed by atoms with E-state index >= 15 is 0 Å². The lowest BCUT2D eigenvalue weighted by atomic mass is 10.1. The van der Waals surface area contributed by atoms with Crippen LogP contribution in [-0.4, -0.2) is 49.9 Å². The molecule has 0 fully saturated rings. The van der Waals surface area contributed by atoms with E-state index in [2.05, 4.69) is 39.5 Å². The smallest absolute Gasteiger partial charge is 0.270 e. The normalized spacial score (nSPS) is 12.0. The van der Waals surface area contributed by atoms with Crippen LogP contribution in [0, 0.1) is 0 Å². The number of fused-ring (bicyclic) bond motifs is 1. The molecule has 0 unspecified atom stereocenters. The van der Waals surface area contributed by atoms with E-state index in [1.54, 1.807) is 14.2 Å². The van der Waals surface area contributed by atoms with E-state index in [-0.39, 0.29) is 12.7 Å². The predicted octanol–water partition coefficient (Wildman–Crippen LogP) is 5.11. The Morgan fingerprint density at radius 2 is 1.70 bits per heavy atom. The standard InChI is InChI=1S/C31H33N3O5S/c1-36-26-10-8-23(16-28(26)37-2)13-15-34(18-24-9-11-27-29(17-24)39-21-38-27)19-30-33-25(20-40-30)31(35)32-14-12-22-6-4-3-5-7-22/h3-11,16-17,20H,12-15,18-19,21H2,1-2H3,(H,32,35). The number of aromatic nitrogens is 1. The van der Waals surface area contributed by atoms with Crippen LogP contribution in [0.1, 0.15) is 32.2 Å². The molecule has 1 aromatic heterocycles. The maximum Gasteiger partial charge on any atom is 0.270 e. The van der Waals surface area contributed by atoms with Gasteiger partial charge in [-0.15, -0.1) is 11.3 Å². The average Bonchev–Trinajstić information content (AvgIpc) is 3.66. The number of nitrogens with zero attached hydrogens (tertiary/aromatic N) is 2. The van der Waals surface area contributed by atoms with Crippen LogP contribution in [0.3, 0.4) is 0 Å². The molecule has 208 valence electrons. The first-order valence-electron chi connectivity index (χ1n) is 13.2. The van der Waals surface area contributed by atoms with Crippen molar-refractivity contribution in [1.82, 2.24) is 15.2 Å². The van der Waals surface area contributed by atoms with Crippen molar-refractivity contribution in [3.63, 3.8) is 0 Å². The summed E-state index contributed by atoms with van der Waals surface area (Å²) in [4.78, 5) is 19.7. The Labute approximate surface area is 238 Å². The summed E-state index contributed by atoms with van der Waals surface area (Å²) in [7, 11) is 3.28. The Hall–Kier alpha value is -4.08. The second kappa shape index (κ2) is 13.3. The van der Waals surface area contributed by atoms with Gasteiger partial charge in [0.2, 0.25) is 6.79 Å². The Balaban J connectivity index is 1.24. The van der Waals surface area contributed by atoms with Crippen LogP contribution in [-0.2, 0) is 25.9 Å². The molecule has 0 aliphatic carbocycles. The molecule has 1 amide bonds. The van der Waals surface area contributed by atoms with E-state index in [1.807, 2.05) is 47.8 Å². The number of ether oxygens (including phenoxy) is 4. The lowest BCUT2D eigenvalue weighted by Crippen LogP contribution is -2.27. The molecule has 0 saturated heterocycles. The van der Waals surface area contributed by atoms with Crippen molar-refractivity contribution in [1.29, 1.82) is 0 Å². The molecule has 0 radical (unpaired) electrons. The highest BCUT2D eigenvalue weighted by Gasteiger charge is 2.17. The van der Waals surface area contributed by atoms with E-state index in [0.29, 0.717) is 36.8 Å². The summed E-state index contributed by atoms with van der Waals surface area (Å²) in [6, 6.07) is 22.2. The first kappa shape index (κ1) is 27.5. The summed E-state index contributed by atoms with van der Waals surface area (Å²) >= 11 is 1.50. The number of thiazole rings is 1. The number of carbonyl (C=O) groups excluding carboxylic acids is 1. The molecule has 40 heavy (non-hydrogen) atoms. The van der Waals surface area contributed by atoms with Gasteiger partial charge in [0.05, 0.1) is 20.8 Å². The maximum atomic E-state index is 12.7. The molecule has 0 bridgehead atoms. The van der Waals surface area contributed by atoms with Gasteiger partial charge in [0.15, 0.2) is 23.0 Å². The van der Waals surface area contributed by atoms with Crippen LogP contribution in [0.15, 0.2) is 72.1 Å². The predicted molar refractivity (Wildman–Crippen MR) is 155 cm³/mol. The van der Waals surface area contributed by atoms with Crippen molar-refractivity contribution < 1.29 is 23.7 Å². The van der Waals surface area contributed by atoms with Crippen LogP contribution in [0.2, 0.25) is 0 Å². The third-order valence-corrected chi connectivity index (χ3v) is 7.53. The maximum absolute atomic E-state index is 12.7. The number of hydrogen-bond acceptors (Lipinski definition) is 8. The Bertz CT molecular complexity index is 1430. The molecule has 4 aromatic rings. The Morgan fingerprint density at radius 3 is 2.52 bits per heavy atom. The fourth-order valence-corrected chi connectivity index (χ4v) is 5.39. The summed E-state index contributed by atoms with van der Waals surface area (Å²) < 4.78 is 21.9. The van der Waals surface area contributed by atoms with Crippen molar-refractivity contribution in [3.8, 4) is 23.0 Å². The van der Waals surface area contributed by atoms with Crippen LogP contribution < -0.4 is 24.3 Å². The van der Waals surface area contributed by atoms with E-state index in [9.17, 15) is 4.79 Å². The lowest BCUT2D eigenvalue weighted by Gasteiger charge is -2.22. The van der Waals surface area contributed by atoms with Gasteiger partial charge in [-0.2, -0.15) is 0 Å². The average molecular weight is 560 g/mol. The number of benzene rings is 3. The topological polar surface area (TPSA) is 82.2 Å². The van der Waals surface area contributed by atoms with Gasteiger partial charge in [0.25, 0.3) is 5.91 Å². The molecular weight excluding hydrogens is 526 g/mol. The van der Waals surface area contributed by atoms with Crippen LogP contribution in [0.5, 0.6) is 23.0 Å². The second-order valence-electron chi connectivity index (χ2n) is 9.46. The molecule has 8 nitrogen and oxygen atoms in total. The number of methoxy groups -OCH3 is 2. The van der Waals surface area contributed by atoms with E-state index < -0.39 is 0 Å². The monoisotopic (exact) mass is 559 g/mol. The quantitative estimate of drug-likeness (QED) is 0.244.